The molecule has 1 aliphatic carbocycles. The van der Waals surface area contributed by atoms with Crippen molar-refractivity contribution in [1.29, 1.82) is 0 Å². The molecule has 0 bridgehead atoms. The van der Waals surface area contributed by atoms with Crippen molar-refractivity contribution in [1.82, 2.24) is 0 Å². The van der Waals surface area contributed by atoms with Gasteiger partial charge in [0.1, 0.15) is 11.4 Å². The van der Waals surface area contributed by atoms with Crippen LogP contribution in [-0.4, -0.2) is 28.9 Å². The minimum Gasteiger partial charge on any atom is -0.504 e. The van der Waals surface area contributed by atoms with Crippen LogP contribution in [0.1, 0.15) is 96.5 Å². The van der Waals surface area contributed by atoms with Crippen molar-refractivity contribution in [3.05, 3.63) is 64.6 Å². The summed E-state index contributed by atoms with van der Waals surface area (Å²) in [5.74, 6) is -0.944. The highest BCUT2D eigenvalue weighted by Gasteiger charge is 2.54. The van der Waals surface area contributed by atoms with Gasteiger partial charge in [0.2, 0.25) is 11.6 Å². The van der Waals surface area contributed by atoms with Crippen LogP contribution in [0.2, 0.25) is 0 Å². The summed E-state index contributed by atoms with van der Waals surface area (Å²) in [7, 11) is 0. The molecule has 2 aromatic carbocycles. The van der Waals surface area contributed by atoms with Crippen LogP contribution in [0.4, 0.5) is 0 Å². The SMILES string of the molecule is CCCCCCCCCCCC1=C(O)C(=O)C2=C(OC(C)(C)[C@@H]3COc4ccc5ccccc5c4[C@H]23)C1=O. The van der Waals surface area contributed by atoms with Gasteiger partial charge in [0.25, 0.3) is 0 Å². The second-order valence-corrected chi connectivity index (χ2v) is 11.6. The second-order valence-electron chi connectivity index (χ2n) is 11.6. The van der Waals surface area contributed by atoms with E-state index < -0.39 is 23.1 Å². The molecule has 0 amide bonds. The molecule has 2 heterocycles. The van der Waals surface area contributed by atoms with Gasteiger partial charge in [-0.3, -0.25) is 9.59 Å². The molecular formula is C33H40O5. The summed E-state index contributed by atoms with van der Waals surface area (Å²) < 4.78 is 12.5. The molecule has 0 saturated carbocycles. The molecule has 2 aliphatic heterocycles. The largest absolute Gasteiger partial charge is 0.504 e. The maximum atomic E-state index is 13.7. The number of rotatable bonds is 10. The van der Waals surface area contributed by atoms with Gasteiger partial charge in [0, 0.05) is 23.0 Å². The van der Waals surface area contributed by atoms with Gasteiger partial charge in [-0.05, 0) is 43.5 Å². The first-order chi connectivity index (χ1) is 18.3. The fraction of sp³-hybridized carbons (Fsp3) is 0.515. The van der Waals surface area contributed by atoms with E-state index >= 15 is 0 Å². The number of ether oxygens (including phenoxy) is 2. The highest BCUT2D eigenvalue weighted by Crippen LogP contribution is 2.55. The Kier molecular flexibility index (Phi) is 7.65. The molecule has 5 rings (SSSR count). The number of hydrogen-bond acceptors (Lipinski definition) is 5. The molecule has 3 aliphatic rings. The Morgan fingerprint density at radius 2 is 1.58 bits per heavy atom. The van der Waals surface area contributed by atoms with Crippen LogP contribution in [0.15, 0.2) is 59.1 Å². The van der Waals surface area contributed by atoms with Gasteiger partial charge < -0.3 is 14.6 Å². The number of hydrogen-bond donors (Lipinski definition) is 1. The number of aliphatic hydroxyl groups is 1. The lowest BCUT2D eigenvalue weighted by Gasteiger charge is -2.48. The first-order valence-corrected chi connectivity index (χ1v) is 14.4. The summed E-state index contributed by atoms with van der Waals surface area (Å²) in [6, 6.07) is 12.0. The quantitative estimate of drug-likeness (QED) is 0.257. The number of benzene rings is 2. The van der Waals surface area contributed by atoms with E-state index in [0.29, 0.717) is 13.0 Å². The monoisotopic (exact) mass is 516 g/mol. The molecular weight excluding hydrogens is 476 g/mol. The Morgan fingerprint density at radius 3 is 2.32 bits per heavy atom. The molecule has 0 aromatic heterocycles. The summed E-state index contributed by atoms with van der Waals surface area (Å²) in [4.78, 5) is 27.5. The van der Waals surface area contributed by atoms with Crippen LogP contribution in [0.5, 0.6) is 5.75 Å². The average Bonchev–Trinajstić information content (AvgIpc) is 2.91. The normalized spacial score (nSPS) is 22.1. The van der Waals surface area contributed by atoms with Gasteiger partial charge in [-0.1, -0.05) is 88.6 Å². The molecule has 0 radical (unpaired) electrons. The zero-order valence-electron chi connectivity index (χ0n) is 23.0. The standard InChI is InChI=1S/C33H40O5/c1-4-5-6-7-8-9-10-11-12-17-23-29(34)31(36)28-27-24(33(2,3)38-32(28)30(23)35)20-37-25-19-18-21-15-13-14-16-22(21)26(25)27/h13-16,18-19,24,27,34H,4-12,17,20H2,1-3H3/t24-,27-/m1/s1. The van der Waals surface area contributed by atoms with E-state index in [1.54, 1.807) is 0 Å². The Hall–Kier alpha value is -3.08. The zero-order valence-corrected chi connectivity index (χ0v) is 23.0. The van der Waals surface area contributed by atoms with Gasteiger partial charge in [0.15, 0.2) is 11.5 Å². The number of carbonyl (C=O) groups excluding carboxylic acids is 2. The third-order valence-electron chi connectivity index (χ3n) is 8.63. The number of allylic oxidation sites excluding steroid dienone is 2. The zero-order chi connectivity index (χ0) is 26.9. The Labute approximate surface area is 225 Å². The van der Waals surface area contributed by atoms with Crippen LogP contribution in [0.3, 0.4) is 0 Å². The predicted molar refractivity (Wildman–Crippen MR) is 149 cm³/mol. The summed E-state index contributed by atoms with van der Waals surface area (Å²) in [6.45, 7) is 6.52. The van der Waals surface area contributed by atoms with Crippen LogP contribution in [0, 0.1) is 5.92 Å². The lowest BCUT2D eigenvalue weighted by Crippen LogP contribution is -2.50. The van der Waals surface area contributed by atoms with Crippen molar-refractivity contribution in [2.75, 3.05) is 6.61 Å². The molecule has 38 heavy (non-hydrogen) atoms. The highest BCUT2D eigenvalue weighted by molar-refractivity contribution is 6.24. The van der Waals surface area contributed by atoms with Gasteiger partial charge >= 0.3 is 0 Å². The van der Waals surface area contributed by atoms with Crippen LogP contribution >= 0.6 is 0 Å². The van der Waals surface area contributed by atoms with Crippen LogP contribution < -0.4 is 4.74 Å². The summed E-state index contributed by atoms with van der Waals surface area (Å²) in [5.41, 5.74) is 0.675. The molecule has 2 atom stereocenters. The van der Waals surface area contributed by atoms with Gasteiger partial charge in [-0.2, -0.15) is 0 Å². The van der Waals surface area contributed by atoms with Crippen LogP contribution in [-0.2, 0) is 14.3 Å². The summed E-state index contributed by atoms with van der Waals surface area (Å²) in [5, 5.41) is 13.1. The topological polar surface area (TPSA) is 72.8 Å². The van der Waals surface area contributed by atoms with E-state index in [9.17, 15) is 14.7 Å². The summed E-state index contributed by atoms with van der Waals surface area (Å²) in [6.07, 6.45) is 10.8. The van der Waals surface area contributed by atoms with E-state index in [0.717, 1.165) is 41.3 Å². The van der Waals surface area contributed by atoms with Crippen molar-refractivity contribution in [3.63, 3.8) is 0 Å². The average molecular weight is 517 g/mol. The van der Waals surface area contributed by atoms with E-state index in [1.165, 1.54) is 38.5 Å². The summed E-state index contributed by atoms with van der Waals surface area (Å²) >= 11 is 0. The third kappa shape index (κ3) is 4.76. The van der Waals surface area contributed by atoms with Crippen molar-refractivity contribution in [3.8, 4) is 5.75 Å². The molecule has 5 heteroatoms. The third-order valence-corrected chi connectivity index (χ3v) is 8.63. The molecule has 0 unspecified atom stereocenters. The Morgan fingerprint density at radius 1 is 0.895 bits per heavy atom. The second kappa shape index (κ2) is 11.0. The molecule has 1 N–H and O–H groups in total. The maximum Gasteiger partial charge on any atom is 0.228 e. The van der Waals surface area contributed by atoms with Crippen molar-refractivity contribution >= 4 is 22.3 Å². The van der Waals surface area contributed by atoms with Gasteiger partial charge in [0.05, 0.1) is 12.2 Å². The van der Waals surface area contributed by atoms with E-state index in [-0.39, 0.29) is 28.6 Å². The van der Waals surface area contributed by atoms with Crippen molar-refractivity contribution < 1.29 is 24.2 Å². The van der Waals surface area contributed by atoms with E-state index in [4.69, 9.17) is 9.47 Å². The number of fused-ring (bicyclic) bond motifs is 6. The minimum atomic E-state index is -0.718. The highest BCUT2D eigenvalue weighted by atomic mass is 16.5. The fourth-order valence-corrected chi connectivity index (χ4v) is 6.45. The number of carbonyl (C=O) groups is 2. The number of Topliss-reactive ketones (excluding diaryl/α,β-unsaturated/α-hetero) is 2. The molecule has 5 nitrogen and oxygen atoms in total. The number of aliphatic hydroxyl groups excluding tert-OH is 1. The molecule has 2 aromatic rings. The van der Waals surface area contributed by atoms with E-state index in [2.05, 4.69) is 6.92 Å². The lowest BCUT2D eigenvalue weighted by molar-refractivity contribution is -0.130. The van der Waals surface area contributed by atoms with Crippen molar-refractivity contribution in [2.24, 2.45) is 5.92 Å². The minimum absolute atomic E-state index is 0.116. The molecule has 0 fully saturated rings. The smallest absolute Gasteiger partial charge is 0.228 e. The van der Waals surface area contributed by atoms with Crippen LogP contribution in [0.25, 0.3) is 10.8 Å². The first-order valence-electron chi connectivity index (χ1n) is 14.4. The fourth-order valence-electron chi connectivity index (χ4n) is 6.45. The number of unbranched alkanes of at least 4 members (excludes halogenated alkanes) is 8. The van der Waals surface area contributed by atoms with Crippen molar-refractivity contribution in [2.45, 2.75) is 96.5 Å². The first kappa shape index (κ1) is 26.5. The van der Waals surface area contributed by atoms with Gasteiger partial charge in [-0.15, -0.1) is 0 Å². The predicted octanol–water partition coefficient (Wildman–Crippen LogP) is 7.88. The molecule has 0 spiro atoms. The molecule has 0 saturated heterocycles. The molecule has 202 valence electrons. The maximum absolute atomic E-state index is 13.7. The lowest BCUT2D eigenvalue weighted by atomic mass is 9.66. The van der Waals surface area contributed by atoms with E-state index in [1.807, 2.05) is 50.2 Å². The van der Waals surface area contributed by atoms with Gasteiger partial charge in [-0.25, -0.2) is 0 Å². The number of ketones is 2. The Balaban J connectivity index is 1.39. The Bertz CT molecular complexity index is 1300.